The average molecular weight is 694 g/mol. The van der Waals surface area contributed by atoms with Crippen molar-refractivity contribution in [2.24, 2.45) is 0 Å². The molecule has 0 heterocycles. The number of para-hydroxylation sites is 2. The van der Waals surface area contributed by atoms with Crippen LogP contribution in [0.2, 0.25) is 0 Å². The summed E-state index contributed by atoms with van der Waals surface area (Å²) in [7, 11) is 0. The van der Waals surface area contributed by atoms with Crippen molar-refractivity contribution >= 4 is 55.0 Å². The topological polar surface area (TPSA) is 59.1 Å². The van der Waals surface area contributed by atoms with Crippen LogP contribution in [0, 0.1) is 0 Å². The molecule has 0 radical (unpaired) electrons. The van der Waals surface area contributed by atoms with E-state index >= 15 is 0 Å². The van der Waals surface area contributed by atoms with Gasteiger partial charge in [-0.2, -0.15) is 0 Å². The molecular weight excluding hydrogens is 660 g/mol. The summed E-state index contributed by atoms with van der Waals surface area (Å²) in [5.41, 5.74) is 2.33. The van der Waals surface area contributed by atoms with Crippen molar-refractivity contribution in [3.63, 3.8) is 0 Å². The van der Waals surface area contributed by atoms with Crippen LogP contribution in [0.15, 0.2) is 106 Å². The summed E-state index contributed by atoms with van der Waals surface area (Å²) in [6.07, 6.45) is 1.64. The number of amides is 2. The highest BCUT2D eigenvalue weighted by Crippen LogP contribution is 2.29. The number of nitrogens with zero attached hydrogens (tertiary/aromatic N) is 2. The third-order valence-electron chi connectivity index (χ3n) is 6.44. The summed E-state index contributed by atoms with van der Waals surface area (Å²) in [4.78, 5) is 31.8. The van der Waals surface area contributed by atoms with E-state index in [2.05, 4.69) is 31.9 Å². The monoisotopic (exact) mass is 692 g/mol. The Morgan fingerprint density at radius 2 is 0.976 bits per heavy atom. The second kappa shape index (κ2) is 15.6. The number of hydrogen-bond donors (Lipinski definition) is 0. The van der Waals surface area contributed by atoms with E-state index in [1.54, 1.807) is 34.1 Å². The number of halogens is 2. The molecule has 0 aliphatic heterocycles. The van der Waals surface area contributed by atoms with Crippen LogP contribution in [0.4, 0.5) is 11.4 Å². The number of carbonyl (C=O) groups is 2. The van der Waals surface area contributed by atoms with Crippen molar-refractivity contribution in [1.82, 2.24) is 0 Å². The van der Waals surface area contributed by atoms with Gasteiger partial charge < -0.3 is 19.3 Å². The molecule has 218 valence electrons. The van der Waals surface area contributed by atoms with Crippen LogP contribution in [-0.2, 0) is 0 Å². The van der Waals surface area contributed by atoms with Crippen LogP contribution in [0.3, 0.4) is 0 Å². The third-order valence-corrected chi connectivity index (χ3v) is 7.43. The molecule has 6 nitrogen and oxygen atoms in total. The lowest BCUT2D eigenvalue weighted by Crippen LogP contribution is -2.41. The highest BCUT2D eigenvalue weighted by atomic mass is 79.9. The molecule has 8 heteroatoms. The molecule has 42 heavy (non-hydrogen) atoms. The Balaban J connectivity index is 1.71. The van der Waals surface area contributed by atoms with Crippen molar-refractivity contribution in [2.75, 3.05) is 36.1 Å². The number of benzene rings is 4. The van der Waals surface area contributed by atoms with Gasteiger partial charge in [-0.15, -0.1) is 0 Å². The van der Waals surface area contributed by atoms with Gasteiger partial charge in [0.15, 0.2) is 0 Å². The minimum atomic E-state index is -0.219. The van der Waals surface area contributed by atoms with E-state index in [1.807, 2.05) is 86.6 Å². The van der Waals surface area contributed by atoms with E-state index in [1.165, 1.54) is 0 Å². The first kappa shape index (κ1) is 31.3. The highest BCUT2D eigenvalue weighted by molar-refractivity contribution is 9.10. The molecule has 4 aromatic rings. The summed E-state index contributed by atoms with van der Waals surface area (Å²) in [6, 6.07) is 29.8. The lowest BCUT2D eigenvalue weighted by Gasteiger charge is -2.29. The fourth-order valence-corrected chi connectivity index (χ4v) is 5.14. The second-order valence-electron chi connectivity index (χ2n) is 9.56. The van der Waals surface area contributed by atoms with Gasteiger partial charge in [-0.25, -0.2) is 0 Å². The molecule has 2 amide bonds. The number of carbonyl (C=O) groups excluding carboxylic acids is 2. The molecule has 0 saturated heterocycles. The first-order valence-corrected chi connectivity index (χ1v) is 15.6. The van der Waals surface area contributed by atoms with E-state index in [9.17, 15) is 9.59 Å². The maximum absolute atomic E-state index is 14.2. The van der Waals surface area contributed by atoms with Crippen molar-refractivity contribution in [3.05, 3.63) is 117 Å². The second-order valence-corrected chi connectivity index (χ2v) is 11.4. The summed E-state index contributed by atoms with van der Waals surface area (Å²) in [5.74, 6) is 0.606. The maximum Gasteiger partial charge on any atom is 0.262 e. The molecule has 4 aromatic carbocycles. The van der Waals surface area contributed by atoms with E-state index in [-0.39, 0.29) is 24.9 Å². The Hall–Kier alpha value is -3.62. The molecule has 0 fully saturated rings. The molecule has 0 bridgehead atoms. The lowest BCUT2D eigenvalue weighted by atomic mass is 10.1. The molecule has 0 N–H and O–H groups in total. The molecule has 0 spiro atoms. The van der Waals surface area contributed by atoms with Gasteiger partial charge in [0, 0.05) is 33.4 Å². The van der Waals surface area contributed by atoms with Crippen molar-refractivity contribution in [3.8, 4) is 11.5 Å². The fourth-order valence-electron chi connectivity index (χ4n) is 4.42. The summed E-state index contributed by atoms with van der Waals surface area (Å²) < 4.78 is 13.4. The van der Waals surface area contributed by atoms with Gasteiger partial charge in [0.1, 0.15) is 11.5 Å². The van der Waals surface area contributed by atoms with Gasteiger partial charge >= 0.3 is 0 Å². The smallest absolute Gasteiger partial charge is 0.262 e. The van der Waals surface area contributed by atoms with Gasteiger partial charge in [-0.3, -0.25) is 9.59 Å². The largest absolute Gasteiger partial charge is 0.493 e. The molecule has 4 rings (SSSR count). The molecular formula is C34H34Br2N2O4. The average Bonchev–Trinajstić information content (AvgIpc) is 3.02. The Bertz CT molecular complexity index is 1370. The van der Waals surface area contributed by atoms with Crippen LogP contribution in [0.5, 0.6) is 11.5 Å². The van der Waals surface area contributed by atoms with E-state index < -0.39 is 0 Å². The first-order chi connectivity index (χ1) is 20.4. The van der Waals surface area contributed by atoms with Gasteiger partial charge in [-0.1, -0.05) is 82.1 Å². The molecule has 0 aliphatic rings. The molecule has 0 saturated carbocycles. The normalized spacial score (nSPS) is 10.7. The van der Waals surface area contributed by atoms with E-state index in [4.69, 9.17) is 9.47 Å². The predicted octanol–water partition coefficient (Wildman–Crippen LogP) is 8.78. The van der Waals surface area contributed by atoms with Crippen LogP contribution < -0.4 is 19.3 Å². The van der Waals surface area contributed by atoms with Gasteiger partial charge in [0.25, 0.3) is 11.8 Å². The lowest BCUT2D eigenvalue weighted by molar-refractivity contribution is 0.0963. The zero-order valence-electron chi connectivity index (χ0n) is 23.8. The SMILES string of the molecule is CCCOc1ccc(Br)cc1C(=O)N(CCN(C(=O)c1cc(Br)ccc1OCCC)c1ccccc1)c1ccccc1. The zero-order valence-corrected chi connectivity index (χ0v) is 26.9. The van der Waals surface area contributed by atoms with Crippen LogP contribution in [0.25, 0.3) is 0 Å². The quantitative estimate of drug-likeness (QED) is 0.141. The number of rotatable bonds is 13. The van der Waals surface area contributed by atoms with Crippen molar-refractivity contribution in [2.45, 2.75) is 26.7 Å². The summed E-state index contributed by atoms with van der Waals surface area (Å²) in [6.45, 7) is 5.52. The number of anilines is 2. The number of hydrogen-bond acceptors (Lipinski definition) is 4. The van der Waals surface area contributed by atoms with Crippen molar-refractivity contribution < 1.29 is 19.1 Å². The standard InChI is InChI=1S/C34H34Br2N2O4/c1-3-21-41-31-17-15-25(35)23-29(31)33(39)37(27-11-7-5-8-12-27)19-20-38(28-13-9-6-10-14-28)34(40)30-24-26(36)16-18-32(30)42-22-4-2/h5-18,23-24H,3-4,19-22H2,1-2H3. The minimum absolute atomic E-state index is 0.219. The molecule has 0 unspecified atom stereocenters. The van der Waals surface area contributed by atoms with E-state index in [0.29, 0.717) is 35.8 Å². The molecule has 0 aromatic heterocycles. The zero-order chi connectivity index (χ0) is 29.9. The Morgan fingerprint density at radius 3 is 1.33 bits per heavy atom. The van der Waals surface area contributed by atoms with Gasteiger partial charge in [0.05, 0.1) is 24.3 Å². The van der Waals surface area contributed by atoms with E-state index in [0.717, 1.165) is 33.2 Å². The Labute approximate surface area is 264 Å². The van der Waals surface area contributed by atoms with Crippen LogP contribution >= 0.6 is 31.9 Å². The minimum Gasteiger partial charge on any atom is -0.493 e. The third kappa shape index (κ3) is 8.01. The molecule has 0 aliphatic carbocycles. The maximum atomic E-state index is 14.2. The Kier molecular flexibility index (Phi) is 11.6. The fraction of sp³-hybridized carbons (Fsp3) is 0.235. The van der Waals surface area contributed by atoms with Crippen molar-refractivity contribution in [1.29, 1.82) is 0 Å². The van der Waals surface area contributed by atoms with Crippen LogP contribution in [0.1, 0.15) is 47.4 Å². The first-order valence-electron chi connectivity index (χ1n) is 14.0. The summed E-state index contributed by atoms with van der Waals surface area (Å²) >= 11 is 7.02. The predicted molar refractivity (Wildman–Crippen MR) is 176 cm³/mol. The van der Waals surface area contributed by atoms with Gasteiger partial charge in [0.2, 0.25) is 0 Å². The summed E-state index contributed by atoms with van der Waals surface area (Å²) in [5, 5.41) is 0. The number of ether oxygens (including phenoxy) is 2. The van der Waals surface area contributed by atoms with Gasteiger partial charge in [-0.05, 0) is 73.5 Å². The Morgan fingerprint density at radius 1 is 0.595 bits per heavy atom. The van der Waals surface area contributed by atoms with Crippen LogP contribution in [-0.4, -0.2) is 38.1 Å². The highest BCUT2D eigenvalue weighted by Gasteiger charge is 2.26. The molecule has 0 atom stereocenters.